The molecule has 5 aromatic rings. The molecule has 0 aromatic heterocycles. The van der Waals surface area contributed by atoms with E-state index in [4.69, 9.17) is 18.9 Å². The molecule has 282 valence electrons. The smallest absolute Gasteiger partial charge is 0.319 e. The van der Waals surface area contributed by atoms with Gasteiger partial charge in [0.2, 0.25) is 0 Å². The molecule has 0 bridgehead atoms. The van der Waals surface area contributed by atoms with Crippen molar-refractivity contribution in [3.63, 3.8) is 0 Å². The summed E-state index contributed by atoms with van der Waals surface area (Å²) in [4.78, 5) is 40.0. The first-order valence-corrected chi connectivity index (χ1v) is 18.5. The molecule has 0 radical (unpaired) electrons. The van der Waals surface area contributed by atoms with E-state index in [1.54, 1.807) is 11.8 Å². The molecular weight excluding hydrogens is 701 g/mol. The topological polar surface area (TPSA) is 108 Å². The molecule has 0 unspecified atom stereocenters. The molecule has 0 amide bonds. The summed E-state index contributed by atoms with van der Waals surface area (Å²) in [5.41, 5.74) is 1.07. The van der Waals surface area contributed by atoms with Gasteiger partial charge in [0.1, 0.15) is 29.5 Å². The number of ketones is 1. The monoisotopic (exact) mass is 748 g/mol. The van der Waals surface area contributed by atoms with E-state index in [-0.39, 0.29) is 26.4 Å². The number of esters is 1. The zero-order valence-electron chi connectivity index (χ0n) is 30.9. The molecule has 0 aliphatic rings. The van der Waals surface area contributed by atoms with E-state index < -0.39 is 41.6 Å². The SMILES string of the molecule is CC(=O)C(C)(C)C(=O)O[C@@H](C=O)[C@@H](OCc1ccccc1)[C@H](OCc1ccccc1)[C@H](O)COCc1ccccc1.c1ccc(Sc2ccccc2)cc1. The number of ether oxygens (including phenoxy) is 4. The Bertz CT molecular complexity index is 1770. The highest BCUT2D eigenvalue weighted by Gasteiger charge is 2.42. The van der Waals surface area contributed by atoms with Gasteiger partial charge in [0.15, 0.2) is 12.4 Å². The minimum atomic E-state index is -1.48. The van der Waals surface area contributed by atoms with Gasteiger partial charge in [0.05, 0.1) is 26.4 Å². The number of hydrogen-bond acceptors (Lipinski definition) is 9. The van der Waals surface area contributed by atoms with Crippen LogP contribution >= 0.6 is 11.8 Å². The van der Waals surface area contributed by atoms with Crippen LogP contribution in [-0.2, 0) is 53.2 Å². The first-order chi connectivity index (χ1) is 26.2. The number of hydrogen-bond donors (Lipinski definition) is 1. The van der Waals surface area contributed by atoms with Crippen molar-refractivity contribution >= 4 is 29.8 Å². The van der Waals surface area contributed by atoms with Crippen molar-refractivity contribution in [1.29, 1.82) is 0 Å². The number of carbonyl (C=O) groups is 3. The van der Waals surface area contributed by atoms with Gasteiger partial charge < -0.3 is 24.1 Å². The molecule has 5 aromatic carbocycles. The summed E-state index contributed by atoms with van der Waals surface area (Å²) < 4.78 is 23.7. The van der Waals surface area contributed by atoms with Gasteiger partial charge in [-0.15, -0.1) is 0 Å². The highest BCUT2D eigenvalue weighted by molar-refractivity contribution is 7.99. The lowest BCUT2D eigenvalue weighted by Crippen LogP contribution is -2.52. The van der Waals surface area contributed by atoms with Crippen LogP contribution < -0.4 is 0 Å². The third kappa shape index (κ3) is 13.8. The Balaban J connectivity index is 0.000000416. The summed E-state index contributed by atoms with van der Waals surface area (Å²) in [6.45, 7) is 4.37. The van der Waals surface area contributed by atoms with Gasteiger partial charge in [0.25, 0.3) is 0 Å². The van der Waals surface area contributed by atoms with Crippen LogP contribution in [0.15, 0.2) is 161 Å². The largest absolute Gasteiger partial charge is 0.451 e. The van der Waals surface area contributed by atoms with Gasteiger partial charge in [-0.1, -0.05) is 139 Å². The van der Waals surface area contributed by atoms with Crippen LogP contribution in [0.4, 0.5) is 0 Å². The second kappa shape index (κ2) is 22.3. The van der Waals surface area contributed by atoms with Crippen molar-refractivity contribution in [2.24, 2.45) is 5.41 Å². The fourth-order valence-corrected chi connectivity index (χ4v) is 5.86. The minimum Gasteiger partial charge on any atom is -0.451 e. The van der Waals surface area contributed by atoms with E-state index in [0.29, 0.717) is 6.29 Å². The average Bonchev–Trinajstić information content (AvgIpc) is 3.20. The first kappa shape index (κ1) is 41.9. The molecule has 5 rings (SSSR count). The van der Waals surface area contributed by atoms with Crippen LogP contribution in [0.5, 0.6) is 0 Å². The number of aliphatic hydroxyl groups excluding tert-OH is 1. The maximum atomic E-state index is 13.0. The Hall–Kier alpha value is -4.90. The van der Waals surface area contributed by atoms with Gasteiger partial charge >= 0.3 is 5.97 Å². The van der Waals surface area contributed by atoms with Crippen LogP contribution in [-0.4, -0.2) is 54.2 Å². The molecule has 0 aliphatic carbocycles. The maximum absolute atomic E-state index is 13.0. The van der Waals surface area contributed by atoms with Crippen molar-refractivity contribution in [2.45, 2.75) is 74.8 Å². The fourth-order valence-electron chi connectivity index (χ4n) is 5.00. The van der Waals surface area contributed by atoms with E-state index >= 15 is 0 Å². The van der Waals surface area contributed by atoms with Crippen molar-refractivity contribution in [2.75, 3.05) is 6.61 Å². The van der Waals surface area contributed by atoms with Crippen LogP contribution in [0.2, 0.25) is 0 Å². The summed E-state index contributed by atoms with van der Waals surface area (Å²) in [5.74, 6) is -1.30. The highest BCUT2D eigenvalue weighted by Crippen LogP contribution is 2.27. The first-order valence-electron chi connectivity index (χ1n) is 17.7. The van der Waals surface area contributed by atoms with Gasteiger partial charge in [-0.05, 0) is 61.7 Å². The van der Waals surface area contributed by atoms with Crippen molar-refractivity contribution in [3.8, 4) is 0 Å². The Morgan fingerprint density at radius 3 is 1.43 bits per heavy atom. The zero-order chi connectivity index (χ0) is 38.6. The average molecular weight is 749 g/mol. The van der Waals surface area contributed by atoms with Crippen LogP contribution in [0, 0.1) is 5.41 Å². The van der Waals surface area contributed by atoms with E-state index in [9.17, 15) is 19.5 Å². The minimum absolute atomic E-state index is 0.0479. The molecule has 0 fully saturated rings. The second-order valence-corrected chi connectivity index (χ2v) is 14.2. The molecule has 54 heavy (non-hydrogen) atoms. The molecule has 1 N–H and O–H groups in total. The third-order valence-corrected chi connectivity index (χ3v) is 9.50. The summed E-state index contributed by atoms with van der Waals surface area (Å²) in [7, 11) is 0. The van der Waals surface area contributed by atoms with Gasteiger partial charge in [-0.2, -0.15) is 0 Å². The van der Waals surface area contributed by atoms with E-state index in [1.165, 1.54) is 30.6 Å². The molecule has 0 aliphatic heterocycles. The predicted octanol–water partition coefficient (Wildman–Crippen LogP) is 8.30. The lowest BCUT2D eigenvalue weighted by molar-refractivity contribution is -0.195. The van der Waals surface area contributed by atoms with Gasteiger partial charge in [-0.25, -0.2) is 0 Å². The Morgan fingerprint density at radius 1 is 0.630 bits per heavy atom. The lowest BCUT2D eigenvalue weighted by atomic mass is 9.89. The summed E-state index contributed by atoms with van der Waals surface area (Å²) >= 11 is 1.79. The quantitative estimate of drug-likeness (QED) is 0.0507. The number of aliphatic hydroxyl groups is 1. The Labute approximate surface area is 322 Å². The zero-order valence-corrected chi connectivity index (χ0v) is 31.7. The molecule has 9 heteroatoms. The van der Waals surface area contributed by atoms with Crippen LogP contribution in [0.25, 0.3) is 0 Å². The predicted molar refractivity (Wildman–Crippen MR) is 210 cm³/mol. The third-order valence-electron chi connectivity index (χ3n) is 8.49. The maximum Gasteiger partial charge on any atom is 0.319 e. The molecule has 0 saturated carbocycles. The van der Waals surface area contributed by atoms with E-state index in [1.807, 2.05) is 103 Å². The number of benzene rings is 5. The van der Waals surface area contributed by atoms with Crippen molar-refractivity contribution in [3.05, 3.63) is 168 Å². The van der Waals surface area contributed by atoms with E-state index in [2.05, 4.69) is 48.5 Å². The molecule has 4 atom stereocenters. The number of Topliss-reactive ketones (excluding diaryl/α,β-unsaturated/α-hetero) is 1. The van der Waals surface area contributed by atoms with E-state index in [0.717, 1.165) is 16.7 Å². The fraction of sp³-hybridized carbons (Fsp3) is 0.267. The Kier molecular flexibility index (Phi) is 17.3. The second-order valence-electron chi connectivity index (χ2n) is 13.0. The van der Waals surface area contributed by atoms with Crippen LogP contribution in [0.1, 0.15) is 37.5 Å². The molecule has 8 nitrogen and oxygen atoms in total. The van der Waals surface area contributed by atoms with Crippen LogP contribution in [0.3, 0.4) is 0 Å². The molecule has 0 saturated heterocycles. The molecular formula is C45H48O8S. The number of rotatable bonds is 19. The lowest BCUT2D eigenvalue weighted by Gasteiger charge is -2.34. The number of carbonyl (C=O) groups excluding carboxylic acids is 3. The standard InChI is InChI=1S/C33H38O8.C12H10S/c1-24(35)33(2,3)32(37)41-29(19-34)31(40-22-27-17-11-6-12-18-27)30(39-21-26-15-9-5-10-16-26)28(36)23-38-20-25-13-7-4-8-14-25;1-3-7-11(8-4-1)13-12-9-5-2-6-10-12/h4-19,28-31,36H,20-23H2,1-3H3;1-10H/t28-,29+,30-,31-;/m1./s1. The summed E-state index contributed by atoms with van der Waals surface area (Å²) in [6.07, 6.45) is -4.67. The summed E-state index contributed by atoms with van der Waals surface area (Å²) in [5, 5.41) is 11.3. The number of aldehydes is 1. The Morgan fingerprint density at radius 2 is 1.02 bits per heavy atom. The van der Waals surface area contributed by atoms with Gasteiger partial charge in [0, 0.05) is 9.79 Å². The molecule has 0 heterocycles. The van der Waals surface area contributed by atoms with Gasteiger partial charge in [-0.3, -0.25) is 14.4 Å². The normalized spacial score (nSPS) is 13.3. The molecule has 0 spiro atoms. The highest BCUT2D eigenvalue weighted by atomic mass is 32.2. The van der Waals surface area contributed by atoms with Crippen molar-refractivity contribution in [1.82, 2.24) is 0 Å². The summed E-state index contributed by atoms with van der Waals surface area (Å²) in [6, 6.07) is 48.8. The van der Waals surface area contributed by atoms with Crippen molar-refractivity contribution < 1.29 is 38.4 Å².